The zero-order valence-electron chi connectivity index (χ0n) is 12.2. The minimum atomic E-state index is 0.631. The van der Waals surface area contributed by atoms with Crippen molar-refractivity contribution in [3.63, 3.8) is 0 Å². The van der Waals surface area contributed by atoms with Crippen molar-refractivity contribution in [2.45, 2.75) is 53.1 Å². The monoisotopic (exact) mass is 249 g/mol. The lowest BCUT2D eigenvalue weighted by Gasteiger charge is -2.32. The van der Waals surface area contributed by atoms with Crippen molar-refractivity contribution in [1.29, 1.82) is 0 Å². The van der Waals surface area contributed by atoms with Gasteiger partial charge in [0.15, 0.2) is 0 Å². The zero-order chi connectivity index (χ0) is 13.5. The maximum Gasteiger partial charge on any atom is 0.127 e. The van der Waals surface area contributed by atoms with E-state index in [9.17, 15) is 0 Å². The third kappa shape index (κ3) is 4.30. The largest absolute Gasteiger partial charge is 0.383 e. The number of aromatic nitrogens is 1. The van der Waals surface area contributed by atoms with E-state index in [-0.39, 0.29) is 0 Å². The fourth-order valence-electron chi connectivity index (χ4n) is 2.42. The Kier molecular flexibility index (Phi) is 6.13. The molecule has 1 aromatic heterocycles. The first-order valence-corrected chi connectivity index (χ1v) is 7.01. The Labute approximate surface area is 111 Å². The molecule has 0 fully saturated rings. The van der Waals surface area contributed by atoms with Crippen LogP contribution in [-0.4, -0.2) is 22.5 Å². The highest BCUT2D eigenvalue weighted by atomic mass is 15.2. The van der Waals surface area contributed by atoms with Gasteiger partial charge in [0.1, 0.15) is 5.82 Å². The number of nitrogens with two attached hydrogens (primary N) is 1. The third-order valence-electron chi connectivity index (χ3n) is 3.36. The van der Waals surface area contributed by atoms with Crippen molar-refractivity contribution in [1.82, 2.24) is 9.88 Å². The quantitative estimate of drug-likeness (QED) is 0.806. The molecule has 102 valence electrons. The summed E-state index contributed by atoms with van der Waals surface area (Å²) in [5, 5.41) is 0. The topological polar surface area (TPSA) is 42.2 Å². The standard InChI is InChI=1S/C15H27N3/c1-5-14(6-2)18(10-12(3)4)11-13-8-7-9-17-15(13)16/h7-9,12,14H,5-6,10-11H2,1-4H3,(H2,16,17). The van der Waals surface area contributed by atoms with E-state index in [1.165, 1.54) is 12.8 Å². The lowest BCUT2D eigenvalue weighted by atomic mass is 10.1. The molecule has 0 spiro atoms. The maximum atomic E-state index is 5.94. The van der Waals surface area contributed by atoms with Crippen LogP contribution in [0.2, 0.25) is 0 Å². The average Bonchev–Trinajstić information content (AvgIpc) is 2.32. The van der Waals surface area contributed by atoms with Crippen LogP contribution >= 0.6 is 0 Å². The smallest absolute Gasteiger partial charge is 0.127 e. The lowest BCUT2D eigenvalue weighted by molar-refractivity contribution is 0.157. The van der Waals surface area contributed by atoms with Crippen LogP contribution in [0.15, 0.2) is 18.3 Å². The second kappa shape index (κ2) is 7.37. The van der Waals surface area contributed by atoms with Gasteiger partial charge in [-0.25, -0.2) is 4.98 Å². The van der Waals surface area contributed by atoms with E-state index in [1.54, 1.807) is 6.20 Å². The van der Waals surface area contributed by atoms with Crippen LogP contribution in [0.4, 0.5) is 5.82 Å². The molecule has 3 nitrogen and oxygen atoms in total. The zero-order valence-corrected chi connectivity index (χ0v) is 12.2. The predicted octanol–water partition coefficient (Wildman–Crippen LogP) is 3.31. The minimum absolute atomic E-state index is 0.631. The molecule has 0 aliphatic heterocycles. The van der Waals surface area contributed by atoms with Crippen molar-refractivity contribution < 1.29 is 0 Å². The molecule has 0 atom stereocenters. The van der Waals surface area contributed by atoms with Gasteiger partial charge in [-0.15, -0.1) is 0 Å². The van der Waals surface area contributed by atoms with Crippen molar-refractivity contribution in [2.24, 2.45) is 5.92 Å². The molecule has 0 saturated carbocycles. The van der Waals surface area contributed by atoms with Crippen LogP contribution in [0.3, 0.4) is 0 Å². The van der Waals surface area contributed by atoms with Crippen molar-refractivity contribution in [2.75, 3.05) is 12.3 Å². The highest BCUT2D eigenvalue weighted by Crippen LogP contribution is 2.17. The van der Waals surface area contributed by atoms with Crippen LogP contribution in [0, 0.1) is 5.92 Å². The van der Waals surface area contributed by atoms with E-state index in [4.69, 9.17) is 5.73 Å². The van der Waals surface area contributed by atoms with Gasteiger partial charge in [0, 0.05) is 30.9 Å². The number of hydrogen-bond donors (Lipinski definition) is 1. The number of rotatable bonds is 7. The Hall–Kier alpha value is -1.09. The summed E-state index contributed by atoms with van der Waals surface area (Å²) >= 11 is 0. The van der Waals surface area contributed by atoms with E-state index >= 15 is 0 Å². The number of hydrogen-bond acceptors (Lipinski definition) is 3. The van der Waals surface area contributed by atoms with Gasteiger partial charge in [0.05, 0.1) is 0 Å². The van der Waals surface area contributed by atoms with Gasteiger partial charge >= 0.3 is 0 Å². The molecule has 2 N–H and O–H groups in total. The van der Waals surface area contributed by atoms with Crippen molar-refractivity contribution in [3.05, 3.63) is 23.9 Å². The van der Waals surface area contributed by atoms with Crippen LogP contribution in [0.25, 0.3) is 0 Å². The SMILES string of the molecule is CCC(CC)N(Cc1cccnc1N)CC(C)C. The van der Waals surface area contributed by atoms with Crippen LogP contribution in [0.5, 0.6) is 0 Å². The Balaban J connectivity index is 2.80. The second-order valence-corrected chi connectivity index (χ2v) is 5.34. The van der Waals surface area contributed by atoms with E-state index in [1.807, 2.05) is 6.07 Å². The highest BCUT2D eigenvalue weighted by Gasteiger charge is 2.17. The van der Waals surface area contributed by atoms with Gasteiger partial charge < -0.3 is 5.73 Å². The van der Waals surface area contributed by atoms with Gasteiger partial charge in [-0.3, -0.25) is 4.90 Å². The summed E-state index contributed by atoms with van der Waals surface area (Å²) in [7, 11) is 0. The molecule has 1 rings (SSSR count). The molecular formula is C15H27N3. The fourth-order valence-corrected chi connectivity index (χ4v) is 2.42. The minimum Gasteiger partial charge on any atom is -0.383 e. The first-order valence-electron chi connectivity index (χ1n) is 7.01. The summed E-state index contributed by atoms with van der Waals surface area (Å²) in [5.41, 5.74) is 7.09. The number of nitrogens with zero attached hydrogens (tertiary/aromatic N) is 2. The van der Waals surface area contributed by atoms with E-state index < -0.39 is 0 Å². The molecule has 0 aliphatic rings. The third-order valence-corrected chi connectivity index (χ3v) is 3.36. The molecule has 1 aromatic rings. The number of pyridine rings is 1. The molecule has 0 unspecified atom stereocenters. The molecule has 0 saturated heterocycles. The molecule has 0 radical (unpaired) electrons. The van der Waals surface area contributed by atoms with Crippen LogP contribution < -0.4 is 5.73 Å². The second-order valence-electron chi connectivity index (χ2n) is 5.34. The van der Waals surface area contributed by atoms with Gasteiger partial charge in [0.2, 0.25) is 0 Å². The summed E-state index contributed by atoms with van der Waals surface area (Å²) in [6.07, 6.45) is 4.12. The summed E-state index contributed by atoms with van der Waals surface area (Å²) in [5.74, 6) is 1.33. The molecule has 18 heavy (non-hydrogen) atoms. The van der Waals surface area contributed by atoms with Gasteiger partial charge in [0.25, 0.3) is 0 Å². The first kappa shape index (κ1) is 15.0. The van der Waals surface area contributed by atoms with Gasteiger partial charge in [-0.2, -0.15) is 0 Å². The molecule has 0 amide bonds. The Morgan fingerprint density at radius 2 is 1.94 bits per heavy atom. The first-order chi connectivity index (χ1) is 8.58. The lowest BCUT2D eigenvalue weighted by Crippen LogP contribution is -2.37. The van der Waals surface area contributed by atoms with Gasteiger partial charge in [-0.05, 0) is 24.8 Å². The summed E-state index contributed by atoms with van der Waals surface area (Å²) in [6.45, 7) is 11.1. The highest BCUT2D eigenvalue weighted by molar-refractivity contribution is 5.38. The summed E-state index contributed by atoms with van der Waals surface area (Å²) in [6, 6.07) is 4.68. The maximum absolute atomic E-state index is 5.94. The van der Waals surface area contributed by atoms with Crippen LogP contribution in [-0.2, 0) is 6.54 Å². The predicted molar refractivity (Wildman–Crippen MR) is 78.3 cm³/mol. The van der Waals surface area contributed by atoms with Crippen molar-refractivity contribution >= 4 is 5.82 Å². The molecule has 3 heteroatoms. The normalized spacial score (nSPS) is 11.7. The number of nitrogen functional groups attached to an aromatic ring is 1. The Morgan fingerprint density at radius 1 is 1.28 bits per heavy atom. The molecule has 0 aliphatic carbocycles. The van der Waals surface area contributed by atoms with Crippen molar-refractivity contribution in [3.8, 4) is 0 Å². The molecule has 0 aromatic carbocycles. The van der Waals surface area contributed by atoms with E-state index in [0.29, 0.717) is 17.8 Å². The Bertz CT molecular complexity index is 345. The van der Waals surface area contributed by atoms with Crippen LogP contribution in [0.1, 0.15) is 46.1 Å². The number of anilines is 1. The van der Waals surface area contributed by atoms with E-state index in [2.05, 4.69) is 43.6 Å². The summed E-state index contributed by atoms with van der Waals surface area (Å²) < 4.78 is 0. The van der Waals surface area contributed by atoms with Gasteiger partial charge in [-0.1, -0.05) is 33.8 Å². The molecular weight excluding hydrogens is 222 g/mol. The average molecular weight is 249 g/mol. The fraction of sp³-hybridized carbons (Fsp3) is 0.667. The molecule has 0 bridgehead atoms. The van der Waals surface area contributed by atoms with E-state index in [0.717, 1.165) is 18.7 Å². The Morgan fingerprint density at radius 3 is 2.44 bits per heavy atom. The summed E-state index contributed by atoms with van der Waals surface area (Å²) in [4.78, 5) is 6.71. The molecule has 1 heterocycles.